The second-order valence-corrected chi connectivity index (χ2v) is 5.04. The van der Waals surface area contributed by atoms with E-state index in [0.29, 0.717) is 36.2 Å². The first-order valence-corrected chi connectivity index (χ1v) is 8.11. The summed E-state index contributed by atoms with van der Waals surface area (Å²) in [6.45, 7) is 5.16. The highest BCUT2D eigenvalue weighted by molar-refractivity contribution is 5.40. The molecule has 0 saturated heterocycles. The maximum atomic E-state index is 10.1. The van der Waals surface area contributed by atoms with Gasteiger partial charge in [0, 0.05) is 0 Å². The van der Waals surface area contributed by atoms with Crippen molar-refractivity contribution in [3.05, 3.63) is 48.5 Å². The first kappa shape index (κ1) is 17.9. The molecule has 5 heteroatoms. The zero-order valence-corrected chi connectivity index (χ0v) is 14.1. The van der Waals surface area contributed by atoms with Gasteiger partial charge in [-0.05, 0) is 38.1 Å². The zero-order valence-electron chi connectivity index (χ0n) is 14.1. The summed E-state index contributed by atoms with van der Waals surface area (Å²) in [5.41, 5.74) is 0. The number of para-hydroxylation sites is 4. The topological polar surface area (TPSA) is 57.2 Å². The van der Waals surface area contributed by atoms with E-state index in [1.54, 1.807) is 0 Å². The molecule has 0 fully saturated rings. The van der Waals surface area contributed by atoms with Crippen molar-refractivity contribution in [3.8, 4) is 23.0 Å². The predicted molar refractivity (Wildman–Crippen MR) is 92.2 cm³/mol. The molecule has 0 saturated carbocycles. The Bertz CT molecular complexity index is 561. The Kier molecular flexibility index (Phi) is 7.23. The smallest absolute Gasteiger partial charge is 0.161 e. The van der Waals surface area contributed by atoms with E-state index in [4.69, 9.17) is 18.9 Å². The van der Waals surface area contributed by atoms with Crippen LogP contribution in [0.1, 0.15) is 13.8 Å². The average molecular weight is 332 g/mol. The molecule has 0 aliphatic carbocycles. The Balaban J connectivity index is 1.85. The van der Waals surface area contributed by atoms with E-state index in [1.807, 2.05) is 62.4 Å². The number of hydrogen-bond acceptors (Lipinski definition) is 5. The van der Waals surface area contributed by atoms with Crippen LogP contribution >= 0.6 is 0 Å². The van der Waals surface area contributed by atoms with E-state index >= 15 is 0 Å². The fraction of sp³-hybridized carbons (Fsp3) is 0.368. The van der Waals surface area contributed by atoms with Crippen molar-refractivity contribution in [2.75, 3.05) is 26.4 Å². The lowest BCUT2D eigenvalue weighted by atomic mass is 10.3. The van der Waals surface area contributed by atoms with Gasteiger partial charge in [0.15, 0.2) is 23.0 Å². The van der Waals surface area contributed by atoms with Crippen LogP contribution in [-0.4, -0.2) is 37.6 Å². The third-order valence-corrected chi connectivity index (χ3v) is 3.16. The minimum absolute atomic E-state index is 0.112. The van der Waals surface area contributed by atoms with Crippen molar-refractivity contribution in [1.29, 1.82) is 0 Å². The quantitative estimate of drug-likeness (QED) is 0.723. The number of hydrogen-bond donors (Lipinski definition) is 1. The third kappa shape index (κ3) is 5.35. The number of aliphatic hydroxyl groups excluding tert-OH is 1. The normalized spacial score (nSPS) is 10.5. The van der Waals surface area contributed by atoms with Crippen LogP contribution in [0.3, 0.4) is 0 Å². The van der Waals surface area contributed by atoms with Gasteiger partial charge in [-0.1, -0.05) is 24.3 Å². The minimum atomic E-state index is -0.769. The standard InChI is InChI=1S/C19H24O5/c1-3-21-16-9-5-7-11-18(16)23-13-15(20)14-24-19-12-8-6-10-17(19)22-4-2/h5-12,15,20H,3-4,13-14H2,1-2H3. The molecule has 0 amide bonds. The summed E-state index contributed by atoms with van der Waals surface area (Å²) in [5, 5.41) is 10.1. The largest absolute Gasteiger partial charge is 0.490 e. The maximum absolute atomic E-state index is 10.1. The molecule has 0 aliphatic heterocycles. The lowest BCUT2D eigenvalue weighted by Gasteiger charge is -2.16. The molecule has 130 valence electrons. The summed E-state index contributed by atoms with van der Waals surface area (Å²) < 4.78 is 22.2. The molecule has 2 aromatic rings. The molecule has 24 heavy (non-hydrogen) atoms. The summed E-state index contributed by atoms with van der Waals surface area (Å²) in [6, 6.07) is 14.8. The van der Waals surface area contributed by atoms with Gasteiger partial charge in [0.25, 0.3) is 0 Å². The van der Waals surface area contributed by atoms with Crippen LogP contribution in [0.2, 0.25) is 0 Å². The SMILES string of the molecule is CCOc1ccccc1OCC(O)COc1ccccc1OCC. The third-order valence-electron chi connectivity index (χ3n) is 3.16. The average Bonchev–Trinajstić information content (AvgIpc) is 2.61. The summed E-state index contributed by atoms with van der Waals surface area (Å²) in [5.74, 6) is 2.53. The monoisotopic (exact) mass is 332 g/mol. The first-order chi connectivity index (χ1) is 11.7. The molecule has 0 bridgehead atoms. The molecular formula is C19H24O5. The molecule has 0 radical (unpaired) electrons. The Morgan fingerprint density at radius 2 is 1.00 bits per heavy atom. The Morgan fingerprint density at radius 3 is 1.33 bits per heavy atom. The van der Waals surface area contributed by atoms with Crippen LogP contribution in [0.25, 0.3) is 0 Å². The zero-order chi connectivity index (χ0) is 17.2. The van der Waals surface area contributed by atoms with Gasteiger partial charge in [-0.15, -0.1) is 0 Å². The summed E-state index contributed by atoms with van der Waals surface area (Å²) in [7, 11) is 0. The highest BCUT2D eigenvalue weighted by Gasteiger charge is 2.11. The lowest BCUT2D eigenvalue weighted by molar-refractivity contribution is 0.0602. The fourth-order valence-electron chi connectivity index (χ4n) is 2.11. The maximum Gasteiger partial charge on any atom is 0.161 e. The lowest BCUT2D eigenvalue weighted by Crippen LogP contribution is -2.25. The van der Waals surface area contributed by atoms with E-state index in [0.717, 1.165) is 0 Å². The molecule has 0 aromatic heterocycles. The molecule has 2 aromatic carbocycles. The van der Waals surface area contributed by atoms with E-state index in [-0.39, 0.29) is 13.2 Å². The van der Waals surface area contributed by atoms with E-state index in [9.17, 15) is 5.11 Å². The second kappa shape index (κ2) is 9.67. The molecule has 0 aliphatic rings. The van der Waals surface area contributed by atoms with Crippen molar-refractivity contribution in [3.63, 3.8) is 0 Å². The van der Waals surface area contributed by atoms with Gasteiger partial charge >= 0.3 is 0 Å². The van der Waals surface area contributed by atoms with Crippen molar-refractivity contribution >= 4 is 0 Å². The van der Waals surface area contributed by atoms with Gasteiger partial charge in [0.05, 0.1) is 13.2 Å². The Morgan fingerprint density at radius 1 is 0.667 bits per heavy atom. The molecule has 0 atom stereocenters. The Labute approximate surface area is 142 Å². The number of aliphatic hydroxyl groups is 1. The number of rotatable bonds is 10. The van der Waals surface area contributed by atoms with E-state index < -0.39 is 6.10 Å². The van der Waals surface area contributed by atoms with Crippen LogP contribution in [0.5, 0.6) is 23.0 Å². The molecule has 2 rings (SSSR count). The highest BCUT2D eigenvalue weighted by Crippen LogP contribution is 2.27. The van der Waals surface area contributed by atoms with Crippen molar-refractivity contribution in [2.45, 2.75) is 20.0 Å². The summed E-state index contributed by atoms with van der Waals surface area (Å²) in [4.78, 5) is 0. The Hall–Kier alpha value is -2.40. The van der Waals surface area contributed by atoms with Crippen molar-refractivity contribution in [2.24, 2.45) is 0 Å². The molecule has 0 unspecified atom stereocenters. The van der Waals surface area contributed by atoms with E-state index in [1.165, 1.54) is 0 Å². The fourth-order valence-corrected chi connectivity index (χ4v) is 2.11. The summed E-state index contributed by atoms with van der Waals surface area (Å²) in [6.07, 6.45) is -0.769. The highest BCUT2D eigenvalue weighted by atomic mass is 16.5. The van der Waals surface area contributed by atoms with Gasteiger partial charge in [-0.3, -0.25) is 0 Å². The van der Waals surface area contributed by atoms with Gasteiger partial charge in [0.2, 0.25) is 0 Å². The van der Waals surface area contributed by atoms with Crippen molar-refractivity contribution < 1.29 is 24.1 Å². The van der Waals surface area contributed by atoms with Gasteiger partial charge in [0.1, 0.15) is 19.3 Å². The van der Waals surface area contributed by atoms with Gasteiger partial charge in [-0.2, -0.15) is 0 Å². The molecule has 0 spiro atoms. The first-order valence-electron chi connectivity index (χ1n) is 8.11. The molecular weight excluding hydrogens is 308 g/mol. The molecule has 1 N–H and O–H groups in total. The van der Waals surface area contributed by atoms with Crippen LogP contribution in [0.15, 0.2) is 48.5 Å². The predicted octanol–water partition coefficient (Wildman–Crippen LogP) is 3.30. The van der Waals surface area contributed by atoms with E-state index in [2.05, 4.69) is 0 Å². The number of benzene rings is 2. The van der Waals surface area contributed by atoms with Gasteiger partial charge < -0.3 is 24.1 Å². The molecule has 0 heterocycles. The number of ether oxygens (including phenoxy) is 4. The van der Waals surface area contributed by atoms with Crippen LogP contribution in [-0.2, 0) is 0 Å². The minimum Gasteiger partial charge on any atom is -0.490 e. The van der Waals surface area contributed by atoms with Crippen molar-refractivity contribution in [1.82, 2.24) is 0 Å². The van der Waals surface area contributed by atoms with Crippen LogP contribution in [0.4, 0.5) is 0 Å². The van der Waals surface area contributed by atoms with Gasteiger partial charge in [-0.25, -0.2) is 0 Å². The summed E-state index contributed by atoms with van der Waals surface area (Å²) >= 11 is 0. The second-order valence-electron chi connectivity index (χ2n) is 5.04. The van der Waals surface area contributed by atoms with Crippen LogP contribution in [0, 0.1) is 0 Å². The molecule has 5 nitrogen and oxygen atoms in total. The van der Waals surface area contributed by atoms with Crippen LogP contribution < -0.4 is 18.9 Å².